The second kappa shape index (κ2) is 38.5. The second-order valence-corrected chi connectivity index (χ2v) is 22.8. The molecule has 0 aliphatic heterocycles. The van der Waals surface area contributed by atoms with Crippen LogP contribution in [-0.4, -0.2) is 174 Å². The topological polar surface area (TPSA) is 316 Å². The van der Waals surface area contributed by atoms with Gasteiger partial charge in [0, 0.05) is 43.7 Å². The van der Waals surface area contributed by atoms with Gasteiger partial charge in [0.15, 0.2) is 0 Å². The summed E-state index contributed by atoms with van der Waals surface area (Å²) in [4.78, 5) is 28.4. The Kier molecular flexibility index (Phi) is 45.3. The summed E-state index contributed by atoms with van der Waals surface area (Å²) in [6.45, 7) is 7.05. The van der Waals surface area contributed by atoms with E-state index in [2.05, 4.69) is 20.7 Å². The van der Waals surface area contributed by atoms with Gasteiger partial charge >= 0.3 is 176 Å². The minimum absolute atomic E-state index is 0. The number of hydrogen-bond acceptors (Lipinski definition) is 20. The number of alkyl halides is 34. The van der Waals surface area contributed by atoms with Crippen LogP contribution in [0.3, 0.4) is 0 Å². The normalized spacial score (nSPS) is 14.5. The molecule has 3 radical (unpaired) electrons. The van der Waals surface area contributed by atoms with Gasteiger partial charge in [-0.3, -0.25) is 4.79 Å². The largest absolute Gasteiger partial charge is 1.00 e. The predicted octanol–water partition coefficient (Wildman–Crippen LogP) is 9.79. The van der Waals surface area contributed by atoms with Crippen LogP contribution >= 0.6 is 53.4 Å². The summed E-state index contributed by atoms with van der Waals surface area (Å²) in [5, 5.41) is -12.4. The summed E-state index contributed by atoms with van der Waals surface area (Å²) in [6, 6.07) is 0. The molecule has 2 unspecified atom stereocenters. The first-order chi connectivity index (χ1) is 39.4. The van der Waals surface area contributed by atoms with E-state index in [0.717, 1.165) is 29.2 Å². The molecule has 0 aliphatic rings. The molecule has 0 aromatic heterocycles. The first-order valence-electron chi connectivity index (χ1n) is 19.4. The van der Waals surface area contributed by atoms with Crippen LogP contribution in [0.4, 0.5) is 156 Å². The number of aliphatic carboxylic acids is 1. The zero-order chi connectivity index (χ0) is 76.6. The monoisotopic (exact) mass is 1850 g/mol. The Bertz CT molecular complexity index is 2880. The van der Waals surface area contributed by atoms with Crippen molar-refractivity contribution in [2.24, 2.45) is 0 Å². The Labute approximate surface area is 558 Å². The Morgan fingerprint density at radius 3 is 0.937 bits per heavy atom. The van der Waals surface area contributed by atoms with Crippen LogP contribution in [-0.2, 0) is 88.1 Å². The molecule has 2 N–H and O–H groups in total. The predicted molar refractivity (Wildman–Crippen MR) is 243 cm³/mol. The van der Waals surface area contributed by atoms with Crippen LogP contribution < -0.4 is 34.5 Å². The van der Waals surface area contributed by atoms with Gasteiger partial charge in [0.2, 0.25) is 0 Å². The number of carbonyl (C=O) groups excluding carboxylic acids is 1. The third kappa shape index (κ3) is 32.9. The summed E-state index contributed by atoms with van der Waals surface area (Å²) in [5.74, 6) is -19.7. The van der Waals surface area contributed by atoms with Crippen molar-refractivity contribution < 1.29 is 285 Å². The van der Waals surface area contributed by atoms with Crippen LogP contribution in [0.2, 0.25) is 0 Å². The van der Waals surface area contributed by atoms with E-state index in [0.29, 0.717) is 0 Å². The van der Waals surface area contributed by atoms with Gasteiger partial charge in [-0.25, -0.2) is 24.2 Å². The van der Waals surface area contributed by atoms with Crippen LogP contribution in [0.15, 0.2) is 12.8 Å². The summed E-state index contributed by atoms with van der Waals surface area (Å²) in [7, 11) is -32.8. The van der Waals surface area contributed by atoms with Gasteiger partial charge < -0.3 is 25.7 Å². The molecule has 571 valence electrons. The third-order valence-electron chi connectivity index (χ3n) is 7.04. The van der Waals surface area contributed by atoms with Crippen molar-refractivity contribution in [3.8, 4) is 0 Å². The molecule has 0 heterocycles. The molecule has 2 atom stereocenters. The number of carbonyl (C=O) groups is 2. The first kappa shape index (κ1) is 112. The van der Waals surface area contributed by atoms with Crippen molar-refractivity contribution in [1.29, 1.82) is 0 Å². The van der Waals surface area contributed by atoms with E-state index < -0.39 is 199 Å². The number of halogens is 38. The zero-order valence-corrected chi connectivity index (χ0v) is 53.6. The zero-order valence-electron chi connectivity index (χ0n) is 44.1. The van der Waals surface area contributed by atoms with Gasteiger partial charge in [-0.1, -0.05) is 52.1 Å². The summed E-state index contributed by atoms with van der Waals surface area (Å²) in [5.41, 5.74) is 0. The van der Waals surface area contributed by atoms with Crippen LogP contribution in [0.25, 0.3) is 0 Å². The quantitative estimate of drug-likeness (QED) is 0.00623. The fraction of sp³-hybridized carbons (Fsp3) is 0.862. The SMILES string of the molecule is C.C=COCC.CCOC(I)CC(F)(F)C(F)(F)OC(F)(F)C(F)(F)S(=O)(=O)F.O=C(O)CC(F)(F)C(F)(F)OC(F)(F)C(F)(F)S(=O)(=O)F.O=CCC(F)(F)C(F)(F)OC(F)(F)C(F)(F)S(=O)(=O)F.O=S(=O)(F)C(F)(F)C(F)(F)OC(F)(F)C(F)(F)I.O=[P+]([O-])OO.[2HH].[B].[H-].[Na+]. The van der Waals surface area contributed by atoms with E-state index in [9.17, 15) is 199 Å². The van der Waals surface area contributed by atoms with Gasteiger partial charge in [0.1, 0.15) is 16.8 Å². The van der Waals surface area contributed by atoms with Gasteiger partial charge in [0.25, 0.3) is 0 Å². The van der Waals surface area contributed by atoms with Crippen molar-refractivity contribution in [1.82, 2.24) is 0 Å². The molecule has 0 fully saturated rings. The van der Waals surface area contributed by atoms with Gasteiger partial charge in [-0.15, -0.1) is 0 Å². The molecule has 0 bridgehead atoms. The van der Waals surface area contributed by atoms with E-state index >= 15 is 0 Å². The number of aldehydes is 1. The molecular formula is C29H30BF36I2NaO21PS4. The Balaban J connectivity index is -0.000000106. The molecule has 0 amide bonds. The molecule has 0 saturated carbocycles. The van der Waals surface area contributed by atoms with Crippen LogP contribution in [0, 0.1) is 0 Å². The number of hydrogen-bond donors (Lipinski definition) is 2. The maximum atomic E-state index is 13.2. The van der Waals surface area contributed by atoms with Crippen LogP contribution in [0.1, 0.15) is 43.4 Å². The minimum atomic E-state index is -7.50. The van der Waals surface area contributed by atoms with E-state index in [-0.39, 0.29) is 54.9 Å². The number of ether oxygens (including phenoxy) is 6. The smallest absolute Gasteiger partial charge is 1.00 e. The fourth-order valence-corrected chi connectivity index (χ4v) is 5.25. The third-order valence-corrected chi connectivity index (χ3v) is 12.0. The Morgan fingerprint density at radius 1 is 0.537 bits per heavy atom. The fourth-order valence-electron chi connectivity index (χ4n) is 2.93. The van der Waals surface area contributed by atoms with Gasteiger partial charge in [-0.05, 0) is 18.4 Å². The molecule has 0 rings (SSSR count). The number of rotatable bonds is 31. The second-order valence-electron chi connectivity index (χ2n) is 13.9. The molecule has 0 aromatic rings. The Morgan fingerprint density at radius 2 is 0.768 bits per heavy atom. The molecule has 66 heteroatoms. The number of carboxylic acids is 1. The van der Waals surface area contributed by atoms with Crippen molar-refractivity contribution >= 4 is 115 Å². The Hall–Kier alpha value is -1.74. The van der Waals surface area contributed by atoms with E-state index in [1.54, 1.807) is 14.2 Å². The maximum Gasteiger partial charge on any atom is 1.00 e. The van der Waals surface area contributed by atoms with Crippen molar-refractivity contribution in [3.63, 3.8) is 0 Å². The summed E-state index contributed by atoms with van der Waals surface area (Å²) >= 11 is 0.669. The molecule has 0 aromatic carbocycles. The van der Waals surface area contributed by atoms with E-state index in [4.69, 9.17) is 19.8 Å². The minimum Gasteiger partial charge on any atom is -1.00 e. The number of carboxylic acid groups (broad SMARTS) is 1. The molecule has 0 aliphatic carbocycles. The molecule has 0 spiro atoms. The van der Waals surface area contributed by atoms with Gasteiger partial charge in [-0.2, -0.15) is 174 Å². The molecule has 95 heavy (non-hydrogen) atoms. The van der Waals surface area contributed by atoms with E-state index in [1.165, 1.54) is 13.2 Å². The summed E-state index contributed by atoms with van der Waals surface area (Å²) < 4.78 is 547. The molecule has 0 saturated heterocycles. The molecular weight excluding hydrogens is 1820 g/mol. The maximum absolute atomic E-state index is 13.2. The molecule has 21 nitrogen and oxygen atoms in total. The first-order valence-corrected chi connectivity index (χ1v) is 28.3. The standard InChI is InChI=1S/C8H8F9IO4S.C6H3F9O5S.C6H3F9O4S.C4F9IO3S.C4H8O.CH4.B.Na.HO4P.H2.H/c1-2-21-4(18)3-5(9,10)6(11,12)22-7(13,14)8(15,16)23(17,19)20;7-3(8,1-2(16)17)4(9,10)20-5(11,12)6(13,14)21(15,18)19;7-3(8,1-2-16)4(9,10)19-5(11,12)6(13,14)20(15,17)18;5-1(6,14)2(7,8)17-3(9,10)4(11,12)18(13,15)16;1-3-5-4-2;;;;1-4-5(2)3;;/h4H,2-3H2,1H3;1H2,(H,16,17);2H,1H2;;3H,1,4H2,2H3;1H4;;;1H;1H;/q;;;;;;;+1;;;-1/i;;;;;;;;;1+1;. The van der Waals surface area contributed by atoms with Crippen molar-refractivity contribution in [2.75, 3.05) is 13.2 Å². The van der Waals surface area contributed by atoms with E-state index in [1.807, 2.05) is 11.7 Å². The average molecular weight is 1850 g/mol. The van der Waals surface area contributed by atoms with Crippen molar-refractivity contribution in [3.05, 3.63) is 12.8 Å². The van der Waals surface area contributed by atoms with Crippen LogP contribution in [0.5, 0.6) is 0 Å². The average Bonchev–Trinajstić information content (AvgIpc) is 3.26. The van der Waals surface area contributed by atoms with Crippen molar-refractivity contribution in [2.45, 2.75) is 136 Å². The summed E-state index contributed by atoms with van der Waals surface area (Å²) in [6.07, 6.45) is -59.1. The van der Waals surface area contributed by atoms with Gasteiger partial charge in [0.05, 0.1) is 25.7 Å².